The molecule has 4 atom stereocenters. The minimum absolute atomic E-state index is 0.0981. The average Bonchev–Trinajstić information content (AvgIpc) is 2.70. The zero-order chi connectivity index (χ0) is 21.0. The van der Waals surface area contributed by atoms with Crippen LogP contribution in [0.3, 0.4) is 0 Å². The topological polar surface area (TPSA) is 73.5 Å². The Morgan fingerprint density at radius 2 is 1.93 bits per heavy atom. The largest absolute Gasteiger partial charge is 0.358 e. The van der Waals surface area contributed by atoms with Crippen molar-refractivity contribution < 1.29 is 9.59 Å². The van der Waals surface area contributed by atoms with Crippen LogP contribution in [0.4, 0.5) is 0 Å². The highest BCUT2D eigenvalue weighted by Gasteiger charge is 2.29. The van der Waals surface area contributed by atoms with Gasteiger partial charge in [0.05, 0.1) is 12.5 Å². The minimum atomic E-state index is -0.337. The molecule has 7 heteroatoms. The summed E-state index contributed by atoms with van der Waals surface area (Å²) in [6.45, 7) is 6.02. The van der Waals surface area contributed by atoms with Crippen molar-refractivity contribution in [1.29, 1.82) is 0 Å². The first-order valence-corrected chi connectivity index (χ1v) is 10.7. The first-order valence-electron chi connectivity index (χ1n) is 10.3. The van der Waals surface area contributed by atoms with Crippen LogP contribution in [0, 0.1) is 11.8 Å². The number of rotatable bonds is 3. The lowest BCUT2D eigenvalue weighted by molar-refractivity contribution is -0.130. The van der Waals surface area contributed by atoms with Gasteiger partial charge >= 0.3 is 0 Å². The SMILES string of the molecule is CC(=O)N1C=Cc2ccccc2[C@H]1CC(=O)NNC(=S)N[C@@H]1CCC[C@@H](C)[C@H]1C. The van der Waals surface area contributed by atoms with Crippen molar-refractivity contribution in [2.45, 2.75) is 58.5 Å². The molecule has 0 saturated heterocycles. The molecule has 0 spiro atoms. The van der Waals surface area contributed by atoms with Gasteiger partial charge in [-0.1, -0.05) is 51.0 Å². The molecule has 3 N–H and O–H groups in total. The summed E-state index contributed by atoms with van der Waals surface area (Å²) in [6.07, 6.45) is 7.31. The third-order valence-corrected chi connectivity index (χ3v) is 6.41. The van der Waals surface area contributed by atoms with Crippen LogP contribution < -0.4 is 16.2 Å². The summed E-state index contributed by atoms with van der Waals surface area (Å²) in [5.74, 6) is 0.879. The molecule has 0 radical (unpaired) electrons. The summed E-state index contributed by atoms with van der Waals surface area (Å²) in [5.41, 5.74) is 7.49. The molecule has 156 valence electrons. The number of carbonyl (C=O) groups excluding carboxylic acids is 2. The molecule has 1 heterocycles. The van der Waals surface area contributed by atoms with Crippen LogP contribution in [0.2, 0.25) is 0 Å². The first-order chi connectivity index (χ1) is 13.9. The molecule has 1 fully saturated rings. The van der Waals surface area contributed by atoms with E-state index in [1.165, 1.54) is 19.8 Å². The van der Waals surface area contributed by atoms with E-state index in [2.05, 4.69) is 30.0 Å². The Labute approximate surface area is 178 Å². The minimum Gasteiger partial charge on any atom is -0.358 e. The zero-order valence-electron chi connectivity index (χ0n) is 17.3. The number of benzene rings is 1. The van der Waals surface area contributed by atoms with Crippen molar-refractivity contribution in [1.82, 2.24) is 21.1 Å². The number of fused-ring (bicyclic) bond motifs is 1. The fraction of sp³-hybridized carbons (Fsp3) is 0.500. The molecule has 3 rings (SSSR count). The predicted molar refractivity (Wildman–Crippen MR) is 118 cm³/mol. The maximum atomic E-state index is 12.6. The maximum Gasteiger partial charge on any atom is 0.240 e. The van der Waals surface area contributed by atoms with Crippen LogP contribution in [-0.2, 0) is 9.59 Å². The summed E-state index contributed by atoms with van der Waals surface area (Å²) in [7, 11) is 0. The van der Waals surface area contributed by atoms with Crippen LogP contribution in [0.1, 0.15) is 63.6 Å². The van der Waals surface area contributed by atoms with E-state index < -0.39 is 0 Å². The lowest BCUT2D eigenvalue weighted by atomic mass is 9.78. The molecule has 0 unspecified atom stereocenters. The van der Waals surface area contributed by atoms with Crippen molar-refractivity contribution in [2.24, 2.45) is 11.8 Å². The van der Waals surface area contributed by atoms with Crippen LogP contribution >= 0.6 is 12.2 Å². The third-order valence-electron chi connectivity index (χ3n) is 6.19. The number of thiocarbonyl (C=S) groups is 1. The van der Waals surface area contributed by atoms with Gasteiger partial charge in [-0.3, -0.25) is 20.4 Å². The van der Waals surface area contributed by atoms with Gasteiger partial charge in [-0.05, 0) is 47.7 Å². The lowest BCUT2D eigenvalue weighted by Gasteiger charge is -2.35. The van der Waals surface area contributed by atoms with E-state index >= 15 is 0 Å². The normalized spacial score (nSPS) is 25.7. The molecule has 0 bridgehead atoms. The van der Waals surface area contributed by atoms with E-state index in [0.717, 1.165) is 17.5 Å². The Bertz CT molecular complexity index is 810. The second-order valence-electron chi connectivity index (χ2n) is 8.11. The van der Waals surface area contributed by atoms with Gasteiger partial charge in [0.25, 0.3) is 0 Å². The lowest BCUT2D eigenvalue weighted by Crippen LogP contribution is -2.52. The second-order valence-corrected chi connectivity index (χ2v) is 8.52. The number of nitrogens with one attached hydrogen (secondary N) is 3. The van der Waals surface area contributed by atoms with E-state index in [-0.39, 0.29) is 24.3 Å². The third kappa shape index (κ3) is 5.15. The molecular formula is C22H30N4O2S. The van der Waals surface area contributed by atoms with Crippen LogP contribution in [0.5, 0.6) is 0 Å². The fourth-order valence-electron chi connectivity index (χ4n) is 4.26. The summed E-state index contributed by atoms with van der Waals surface area (Å²) >= 11 is 5.36. The van der Waals surface area contributed by atoms with Crippen LogP contribution in [-0.4, -0.2) is 27.9 Å². The number of carbonyl (C=O) groups is 2. The van der Waals surface area contributed by atoms with Crippen molar-refractivity contribution in [3.63, 3.8) is 0 Å². The Morgan fingerprint density at radius 1 is 1.17 bits per heavy atom. The molecule has 2 amide bonds. The van der Waals surface area contributed by atoms with Crippen molar-refractivity contribution in [3.05, 3.63) is 41.6 Å². The van der Waals surface area contributed by atoms with Crippen molar-refractivity contribution in [3.8, 4) is 0 Å². The van der Waals surface area contributed by atoms with E-state index in [0.29, 0.717) is 23.0 Å². The monoisotopic (exact) mass is 414 g/mol. The molecule has 0 aromatic heterocycles. The molecule has 1 aliphatic carbocycles. The number of amides is 2. The molecule has 1 aromatic rings. The number of hydrazine groups is 1. The fourth-order valence-corrected chi connectivity index (χ4v) is 4.46. The van der Waals surface area contributed by atoms with E-state index in [1.54, 1.807) is 11.1 Å². The van der Waals surface area contributed by atoms with Gasteiger partial charge in [-0.25, -0.2) is 0 Å². The van der Waals surface area contributed by atoms with Crippen molar-refractivity contribution in [2.75, 3.05) is 0 Å². The Hall–Kier alpha value is -2.41. The van der Waals surface area contributed by atoms with Gasteiger partial charge in [0.1, 0.15) is 0 Å². The summed E-state index contributed by atoms with van der Waals surface area (Å²) < 4.78 is 0. The molecule has 6 nitrogen and oxygen atoms in total. The molecule has 1 aliphatic heterocycles. The Morgan fingerprint density at radius 3 is 2.69 bits per heavy atom. The average molecular weight is 415 g/mol. The standard InChI is InChI=1S/C22H30N4O2S/c1-14-7-6-10-19(15(14)2)23-22(29)25-24-21(28)13-20-18-9-5-4-8-17(18)11-12-26(20)16(3)27/h4-5,8-9,11-12,14-15,19-20H,6-7,10,13H2,1-3H3,(H,24,28)(H2,23,25,29)/t14-,15-,19-,20-/m1/s1. The van der Waals surface area contributed by atoms with Gasteiger partial charge in [0, 0.05) is 19.2 Å². The predicted octanol–water partition coefficient (Wildman–Crippen LogP) is 3.27. The highest BCUT2D eigenvalue weighted by Crippen LogP contribution is 2.32. The number of hydrogen-bond donors (Lipinski definition) is 3. The molecule has 29 heavy (non-hydrogen) atoms. The highest BCUT2D eigenvalue weighted by atomic mass is 32.1. The molecule has 1 saturated carbocycles. The summed E-state index contributed by atoms with van der Waals surface area (Å²) in [6, 6.07) is 7.79. The quantitative estimate of drug-likeness (QED) is 0.523. The van der Waals surface area contributed by atoms with Gasteiger partial charge in [-0.15, -0.1) is 0 Å². The smallest absolute Gasteiger partial charge is 0.240 e. The molecular weight excluding hydrogens is 384 g/mol. The molecule has 2 aliphatic rings. The highest BCUT2D eigenvalue weighted by molar-refractivity contribution is 7.80. The Kier molecular flexibility index (Phi) is 6.90. The molecule has 1 aromatic carbocycles. The second kappa shape index (κ2) is 9.39. The number of nitrogens with zero attached hydrogens (tertiary/aromatic N) is 1. The zero-order valence-corrected chi connectivity index (χ0v) is 18.1. The van der Waals surface area contributed by atoms with Crippen LogP contribution in [0.25, 0.3) is 6.08 Å². The van der Waals surface area contributed by atoms with E-state index in [1.807, 2.05) is 30.3 Å². The van der Waals surface area contributed by atoms with E-state index in [9.17, 15) is 9.59 Å². The van der Waals surface area contributed by atoms with Gasteiger partial charge in [0.2, 0.25) is 11.8 Å². The van der Waals surface area contributed by atoms with E-state index in [4.69, 9.17) is 12.2 Å². The Balaban J connectivity index is 1.56. The maximum absolute atomic E-state index is 12.6. The number of hydrogen-bond acceptors (Lipinski definition) is 3. The van der Waals surface area contributed by atoms with Crippen LogP contribution in [0.15, 0.2) is 30.5 Å². The van der Waals surface area contributed by atoms with Gasteiger partial charge in [0.15, 0.2) is 5.11 Å². The van der Waals surface area contributed by atoms with Gasteiger partial charge < -0.3 is 10.2 Å². The summed E-state index contributed by atoms with van der Waals surface area (Å²) in [5, 5.41) is 3.76. The van der Waals surface area contributed by atoms with Crippen molar-refractivity contribution >= 4 is 35.2 Å². The summed E-state index contributed by atoms with van der Waals surface area (Å²) in [4.78, 5) is 26.2. The van der Waals surface area contributed by atoms with Gasteiger partial charge in [-0.2, -0.15) is 0 Å². The first kappa shape index (κ1) is 21.3.